The van der Waals surface area contributed by atoms with Crippen LogP contribution in [0.15, 0.2) is 51.8 Å². The van der Waals surface area contributed by atoms with E-state index < -0.39 is 21.7 Å². The average molecular weight is 432 g/mol. The highest BCUT2D eigenvalue weighted by Gasteiger charge is 2.26. The topological polar surface area (TPSA) is 88.9 Å². The molecule has 30 heavy (non-hydrogen) atoms. The number of fused-ring (bicyclic) bond motifs is 1. The van der Waals surface area contributed by atoms with E-state index in [0.29, 0.717) is 37.3 Å². The van der Waals surface area contributed by atoms with Crippen molar-refractivity contribution in [2.75, 3.05) is 26.3 Å². The number of hydrogen-bond acceptors (Lipinski definition) is 5. The molecule has 0 spiro atoms. The predicted octanol–water partition coefficient (Wildman–Crippen LogP) is 2.83. The van der Waals surface area contributed by atoms with Gasteiger partial charge in [-0.2, -0.15) is 4.31 Å². The third-order valence-electron chi connectivity index (χ3n) is 5.11. The van der Waals surface area contributed by atoms with Crippen molar-refractivity contribution in [3.63, 3.8) is 0 Å². The van der Waals surface area contributed by atoms with Crippen LogP contribution < -0.4 is 5.32 Å². The molecule has 1 aliphatic rings. The minimum Gasteiger partial charge on any atom is -0.448 e. The van der Waals surface area contributed by atoms with Crippen LogP contribution in [0.5, 0.6) is 0 Å². The third kappa shape index (κ3) is 3.83. The van der Waals surface area contributed by atoms with Crippen LogP contribution in [0.4, 0.5) is 4.39 Å². The van der Waals surface area contributed by atoms with Gasteiger partial charge in [0.15, 0.2) is 17.2 Å². The zero-order chi connectivity index (χ0) is 21.3. The molecule has 9 heteroatoms. The first kappa shape index (κ1) is 20.5. The molecule has 0 aliphatic carbocycles. The molecule has 0 radical (unpaired) electrons. The first-order chi connectivity index (χ1) is 14.4. The Morgan fingerprint density at radius 1 is 1.13 bits per heavy atom. The Kier molecular flexibility index (Phi) is 5.59. The van der Waals surface area contributed by atoms with Crippen molar-refractivity contribution >= 4 is 26.9 Å². The van der Waals surface area contributed by atoms with Crippen LogP contribution in [-0.2, 0) is 21.3 Å². The van der Waals surface area contributed by atoms with E-state index >= 15 is 0 Å². The number of sulfonamides is 1. The van der Waals surface area contributed by atoms with E-state index in [1.165, 1.54) is 22.5 Å². The quantitative estimate of drug-likeness (QED) is 0.670. The molecule has 1 fully saturated rings. The molecule has 0 bridgehead atoms. The molecule has 1 aromatic heterocycles. The molecule has 7 nitrogen and oxygen atoms in total. The van der Waals surface area contributed by atoms with Gasteiger partial charge in [0, 0.05) is 30.6 Å². The Morgan fingerprint density at radius 3 is 2.50 bits per heavy atom. The standard InChI is InChI=1S/C21H21FN2O5S/c1-14-17-3-2-4-18(22)20(17)29-19(14)21(25)23-13-15-5-7-16(8-6-15)30(26,27)24-9-11-28-12-10-24/h2-8H,9-13H2,1H3,(H,23,25). The van der Waals surface area contributed by atoms with Crippen molar-refractivity contribution in [1.29, 1.82) is 0 Å². The first-order valence-corrected chi connectivity index (χ1v) is 10.9. The molecule has 0 atom stereocenters. The molecule has 158 valence electrons. The number of hydrogen-bond donors (Lipinski definition) is 1. The molecule has 0 saturated carbocycles. The molecule has 2 heterocycles. The molecule has 3 aromatic rings. The molecule has 0 unspecified atom stereocenters. The Balaban J connectivity index is 1.45. The van der Waals surface area contributed by atoms with Gasteiger partial charge in [0.1, 0.15) is 0 Å². The van der Waals surface area contributed by atoms with Gasteiger partial charge in [-0.3, -0.25) is 4.79 Å². The molecular formula is C21H21FN2O5S. The van der Waals surface area contributed by atoms with Crippen LogP contribution in [0.25, 0.3) is 11.0 Å². The van der Waals surface area contributed by atoms with Crippen molar-refractivity contribution in [3.8, 4) is 0 Å². The van der Waals surface area contributed by atoms with Crippen LogP contribution in [-0.4, -0.2) is 44.9 Å². The summed E-state index contributed by atoms with van der Waals surface area (Å²) in [4.78, 5) is 12.7. The number of rotatable bonds is 5. The summed E-state index contributed by atoms with van der Waals surface area (Å²) >= 11 is 0. The van der Waals surface area contributed by atoms with Gasteiger partial charge in [-0.1, -0.05) is 24.3 Å². The number of morpholine rings is 1. The fourth-order valence-electron chi connectivity index (χ4n) is 3.40. The first-order valence-electron chi connectivity index (χ1n) is 9.50. The zero-order valence-corrected chi connectivity index (χ0v) is 17.2. The summed E-state index contributed by atoms with van der Waals surface area (Å²) in [6, 6.07) is 10.9. The lowest BCUT2D eigenvalue weighted by molar-refractivity contribution is 0.0730. The highest BCUT2D eigenvalue weighted by molar-refractivity contribution is 7.89. The van der Waals surface area contributed by atoms with Crippen molar-refractivity contribution in [2.45, 2.75) is 18.4 Å². The van der Waals surface area contributed by atoms with E-state index in [1.54, 1.807) is 31.2 Å². The number of aryl methyl sites for hydroxylation is 1. The van der Waals surface area contributed by atoms with Crippen molar-refractivity contribution in [2.24, 2.45) is 0 Å². The second kappa shape index (κ2) is 8.17. The Labute approximate surface area is 173 Å². The Morgan fingerprint density at radius 2 is 1.83 bits per heavy atom. The maximum Gasteiger partial charge on any atom is 0.287 e. The number of halogens is 1. The largest absolute Gasteiger partial charge is 0.448 e. The van der Waals surface area contributed by atoms with E-state index in [1.807, 2.05) is 0 Å². The van der Waals surface area contributed by atoms with Crippen LogP contribution >= 0.6 is 0 Å². The van der Waals surface area contributed by atoms with E-state index in [4.69, 9.17) is 9.15 Å². The number of nitrogens with zero attached hydrogens (tertiary/aromatic N) is 1. The fraction of sp³-hybridized carbons (Fsp3) is 0.286. The molecular weight excluding hydrogens is 411 g/mol. The molecule has 1 aliphatic heterocycles. The van der Waals surface area contributed by atoms with Crippen molar-refractivity contribution in [1.82, 2.24) is 9.62 Å². The highest BCUT2D eigenvalue weighted by Crippen LogP contribution is 2.27. The fourth-order valence-corrected chi connectivity index (χ4v) is 4.81. The number of carbonyl (C=O) groups is 1. The second-order valence-corrected chi connectivity index (χ2v) is 8.95. The van der Waals surface area contributed by atoms with Gasteiger partial charge in [-0.05, 0) is 30.7 Å². The van der Waals surface area contributed by atoms with Gasteiger partial charge in [0.25, 0.3) is 5.91 Å². The molecule has 1 amide bonds. The average Bonchev–Trinajstić information content (AvgIpc) is 3.11. The monoisotopic (exact) mass is 432 g/mol. The summed E-state index contributed by atoms with van der Waals surface area (Å²) in [6.07, 6.45) is 0. The zero-order valence-electron chi connectivity index (χ0n) is 16.4. The van der Waals surface area contributed by atoms with Crippen LogP contribution in [0.3, 0.4) is 0 Å². The van der Waals surface area contributed by atoms with Gasteiger partial charge in [0.05, 0.1) is 18.1 Å². The lowest BCUT2D eigenvalue weighted by Crippen LogP contribution is -2.40. The number of amides is 1. The van der Waals surface area contributed by atoms with Crippen LogP contribution in [0.2, 0.25) is 0 Å². The van der Waals surface area contributed by atoms with E-state index in [2.05, 4.69) is 5.32 Å². The number of ether oxygens (including phenoxy) is 1. The maximum atomic E-state index is 13.9. The maximum absolute atomic E-state index is 13.9. The number of nitrogens with one attached hydrogen (secondary N) is 1. The van der Waals surface area contributed by atoms with Gasteiger partial charge in [-0.15, -0.1) is 0 Å². The number of benzene rings is 2. The Hall–Kier alpha value is -2.75. The lowest BCUT2D eigenvalue weighted by atomic mass is 10.1. The van der Waals surface area contributed by atoms with Gasteiger partial charge >= 0.3 is 0 Å². The van der Waals surface area contributed by atoms with Gasteiger partial charge < -0.3 is 14.5 Å². The van der Waals surface area contributed by atoms with Crippen LogP contribution in [0.1, 0.15) is 21.7 Å². The summed E-state index contributed by atoms with van der Waals surface area (Å²) in [5, 5.41) is 3.28. The third-order valence-corrected chi connectivity index (χ3v) is 7.02. The molecule has 4 rings (SSSR count). The van der Waals surface area contributed by atoms with Gasteiger partial charge in [-0.25, -0.2) is 12.8 Å². The molecule has 1 N–H and O–H groups in total. The Bertz CT molecular complexity index is 1180. The van der Waals surface area contributed by atoms with Crippen LogP contribution in [0, 0.1) is 12.7 Å². The minimum atomic E-state index is -3.56. The lowest BCUT2D eigenvalue weighted by Gasteiger charge is -2.26. The second-order valence-electron chi connectivity index (χ2n) is 7.02. The van der Waals surface area contributed by atoms with E-state index in [0.717, 1.165) is 5.56 Å². The number of carbonyl (C=O) groups excluding carboxylic acids is 1. The summed E-state index contributed by atoms with van der Waals surface area (Å²) in [7, 11) is -3.56. The SMILES string of the molecule is Cc1c(C(=O)NCc2ccc(S(=O)(=O)N3CCOCC3)cc2)oc2c(F)cccc12. The molecule has 1 saturated heterocycles. The highest BCUT2D eigenvalue weighted by atomic mass is 32.2. The predicted molar refractivity (Wildman–Crippen MR) is 108 cm³/mol. The number of para-hydroxylation sites is 1. The van der Waals surface area contributed by atoms with E-state index in [-0.39, 0.29) is 22.8 Å². The smallest absolute Gasteiger partial charge is 0.287 e. The van der Waals surface area contributed by atoms with Crippen molar-refractivity contribution < 1.29 is 26.8 Å². The van der Waals surface area contributed by atoms with Gasteiger partial charge in [0.2, 0.25) is 10.0 Å². The summed E-state index contributed by atoms with van der Waals surface area (Å²) in [5.74, 6) is -0.929. The minimum absolute atomic E-state index is 0.0535. The molecule has 2 aromatic carbocycles. The van der Waals surface area contributed by atoms with E-state index in [9.17, 15) is 17.6 Å². The summed E-state index contributed by atoms with van der Waals surface area (Å²) < 4.78 is 51.2. The summed E-state index contributed by atoms with van der Waals surface area (Å²) in [6.45, 7) is 3.30. The van der Waals surface area contributed by atoms with Crippen molar-refractivity contribution in [3.05, 3.63) is 65.2 Å². The number of furan rings is 1. The normalized spacial score (nSPS) is 15.4. The summed E-state index contributed by atoms with van der Waals surface area (Å²) in [5.41, 5.74) is 1.34.